The number of rotatable bonds is 7. The SMILES string of the molecule is C=C1CC(=O)N(CC(C)C)C(/N=C(/C)CCc2ccc(CC)cc2)=C1C.CC.CC1CCCCC1. The van der Waals surface area contributed by atoms with E-state index < -0.39 is 0 Å². The Labute approximate surface area is 216 Å². The summed E-state index contributed by atoms with van der Waals surface area (Å²) in [6.07, 6.45) is 10.8. The van der Waals surface area contributed by atoms with Crippen LogP contribution in [-0.4, -0.2) is 23.1 Å². The molecular weight excluding hydrogens is 428 g/mol. The molecule has 3 heteroatoms. The zero-order valence-electron chi connectivity index (χ0n) is 24.0. The van der Waals surface area contributed by atoms with Crippen LogP contribution in [0.2, 0.25) is 0 Å². The number of nitrogens with zero attached hydrogens (tertiary/aromatic N) is 2. The summed E-state index contributed by atoms with van der Waals surface area (Å²) in [5, 5.41) is 0. The van der Waals surface area contributed by atoms with E-state index in [0.717, 1.165) is 47.9 Å². The lowest BCUT2D eigenvalue weighted by Gasteiger charge is -2.31. The quantitative estimate of drug-likeness (QED) is 0.358. The Balaban J connectivity index is 0.000000574. The highest BCUT2D eigenvalue weighted by Crippen LogP contribution is 2.28. The minimum atomic E-state index is 0.107. The molecule has 3 nitrogen and oxygen atoms in total. The highest BCUT2D eigenvalue weighted by molar-refractivity contribution is 5.87. The van der Waals surface area contributed by atoms with E-state index in [1.807, 2.05) is 25.7 Å². The van der Waals surface area contributed by atoms with Crippen LogP contribution < -0.4 is 0 Å². The standard InChI is InChI=1S/C23H32N2O.C7H14.C2H6/c1-7-20-10-12-21(13-11-20)9-8-18(5)24-23-19(6)17(4)14-22(26)25(23)15-16(2)3;1-7-5-3-2-4-6-7;1-2/h10-13,16H,4,7-9,14-15H2,1-3,5-6H3;7H,2-6H2,1H3;1-2H3/b24-18-;;. The maximum Gasteiger partial charge on any atom is 0.232 e. The Morgan fingerprint density at radius 2 is 1.66 bits per heavy atom. The van der Waals surface area contributed by atoms with Crippen molar-refractivity contribution < 1.29 is 4.79 Å². The molecule has 0 aromatic heterocycles. The van der Waals surface area contributed by atoms with Gasteiger partial charge in [-0.3, -0.25) is 9.69 Å². The molecule has 35 heavy (non-hydrogen) atoms. The second-order valence-corrected chi connectivity index (χ2v) is 10.4. The van der Waals surface area contributed by atoms with Gasteiger partial charge in [-0.25, -0.2) is 4.99 Å². The van der Waals surface area contributed by atoms with Crippen LogP contribution in [0.25, 0.3) is 0 Å². The number of aliphatic imine (C=N–C) groups is 1. The summed E-state index contributed by atoms with van der Waals surface area (Å²) in [5.74, 6) is 2.34. The van der Waals surface area contributed by atoms with Gasteiger partial charge >= 0.3 is 0 Å². The molecule has 0 unspecified atom stereocenters. The summed E-state index contributed by atoms with van der Waals surface area (Å²) < 4.78 is 0. The second kappa shape index (κ2) is 16.5. The first-order valence-electron chi connectivity index (χ1n) is 14.0. The minimum absolute atomic E-state index is 0.107. The summed E-state index contributed by atoms with van der Waals surface area (Å²) in [7, 11) is 0. The van der Waals surface area contributed by atoms with Gasteiger partial charge in [0.1, 0.15) is 5.82 Å². The Kier molecular flexibility index (Phi) is 14.6. The molecule has 1 aromatic carbocycles. The third-order valence-corrected chi connectivity index (χ3v) is 6.73. The molecule has 0 radical (unpaired) electrons. The molecule has 0 spiro atoms. The van der Waals surface area contributed by atoms with Crippen molar-refractivity contribution in [2.45, 2.75) is 113 Å². The Morgan fingerprint density at radius 3 is 2.14 bits per heavy atom. The first-order valence-corrected chi connectivity index (χ1v) is 14.0. The molecular formula is C32H52N2O. The fourth-order valence-electron chi connectivity index (χ4n) is 4.40. The zero-order chi connectivity index (χ0) is 26.4. The molecule has 1 fully saturated rings. The summed E-state index contributed by atoms with van der Waals surface area (Å²) in [6.45, 7) is 21.6. The Morgan fingerprint density at radius 1 is 1.09 bits per heavy atom. The highest BCUT2D eigenvalue weighted by Gasteiger charge is 2.27. The lowest BCUT2D eigenvalue weighted by molar-refractivity contribution is -0.129. The number of aryl methyl sites for hydroxylation is 2. The van der Waals surface area contributed by atoms with Gasteiger partial charge in [0.2, 0.25) is 5.91 Å². The van der Waals surface area contributed by atoms with Gasteiger partial charge in [0.05, 0.1) is 6.42 Å². The number of hydrogen-bond acceptors (Lipinski definition) is 2. The van der Waals surface area contributed by atoms with E-state index in [0.29, 0.717) is 18.9 Å². The molecule has 1 saturated carbocycles. The van der Waals surface area contributed by atoms with Crippen molar-refractivity contribution in [2.75, 3.05) is 6.54 Å². The second-order valence-electron chi connectivity index (χ2n) is 10.4. The molecule has 2 aliphatic rings. The van der Waals surface area contributed by atoms with Crippen molar-refractivity contribution in [1.29, 1.82) is 0 Å². The number of carbonyl (C=O) groups excluding carboxylic acids is 1. The van der Waals surface area contributed by atoms with Gasteiger partial charge in [0.25, 0.3) is 0 Å². The fourth-order valence-corrected chi connectivity index (χ4v) is 4.40. The van der Waals surface area contributed by atoms with E-state index in [1.165, 1.54) is 43.2 Å². The molecule has 1 aromatic rings. The van der Waals surface area contributed by atoms with Crippen LogP contribution in [0.3, 0.4) is 0 Å². The average Bonchev–Trinajstić information content (AvgIpc) is 2.85. The average molecular weight is 481 g/mol. The van der Waals surface area contributed by atoms with Crippen LogP contribution >= 0.6 is 0 Å². The first-order chi connectivity index (χ1) is 16.7. The molecule has 0 saturated heterocycles. The van der Waals surface area contributed by atoms with Crippen molar-refractivity contribution in [2.24, 2.45) is 16.8 Å². The molecule has 0 N–H and O–H groups in total. The summed E-state index contributed by atoms with van der Waals surface area (Å²) in [5.41, 5.74) is 5.66. The third kappa shape index (κ3) is 11.0. The predicted octanol–water partition coefficient (Wildman–Crippen LogP) is 8.93. The highest BCUT2D eigenvalue weighted by atomic mass is 16.2. The van der Waals surface area contributed by atoms with Crippen LogP contribution in [0.15, 0.2) is 52.8 Å². The van der Waals surface area contributed by atoms with E-state index in [4.69, 9.17) is 4.99 Å². The molecule has 1 aliphatic carbocycles. The Bertz CT molecular complexity index is 839. The third-order valence-electron chi connectivity index (χ3n) is 6.73. The van der Waals surface area contributed by atoms with Crippen molar-refractivity contribution in [3.05, 3.63) is 58.9 Å². The van der Waals surface area contributed by atoms with Crippen LogP contribution in [0, 0.1) is 11.8 Å². The van der Waals surface area contributed by atoms with Gasteiger partial charge in [-0.15, -0.1) is 0 Å². The number of carbonyl (C=O) groups is 1. The van der Waals surface area contributed by atoms with E-state index >= 15 is 0 Å². The monoisotopic (exact) mass is 480 g/mol. The summed E-state index contributed by atoms with van der Waals surface area (Å²) in [6, 6.07) is 8.80. The Hall–Kier alpha value is -2.16. The van der Waals surface area contributed by atoms with Gasteiger partial charge < -0.3 is 0 Å². The summed E-state index contributed by atoms with van der Waals surface area (Å²) >= 11 is 0. The number of allylic oxidation sites excluding steroid dienone is 1. The lowest BCUT2D eigenvalue weighted by Crippen LogP contribution is -2.37. The van der Waals surface area contributed by atoms with Gasteiger partial charge in [0, 0.05) is 12.3 Å². The number of benzene rings is 1. The van der Waals surface area contributed by atoms with E-state index in [-0.39, 0.29) is 5.91 Å². The molecule has 1 heterocycles. The number of amides is 1. The summed E-state index contributed by atoms with van der Waals surface area (Å²) in [4.78, 5) is 19.2. The van der Waals surface area contributed by atoms with Crippen LogP contribution in [0.4, 0.5) is 0 Å². The maximum atomic E-state index is 12.5. The van der Waals surface area contributed by atoms with E-state index in [9.17, 15) is 4.79 Å². The van der Waals surface area contributed by atoms with Crippen molar-refractivity contribution >= 4 is 11.6 Å². The number of hydrogen-bond donors (Lipinski definition) is 0. The topological polar surface area (TPSA) is 32.7 Å². The van der Waals surface area contributed by atoms with Crippen molar-refractivity contribution in [3.8, 4) is 0 Å². The predicted molar refractivity (Wildman–Crippen MR) is 154 cm³/mol. The van der Waals surface area contributed by atoms with Crippen LogP contribution in [-0.2, 0) is 17.6 Å². The molecule has 0 atom stereocenters. The van der Waals surface area contributed by atoms with Gasteiger partial charge in [-0.05, 0) is 67.2 Å². The van der Waals surface area contributed by atoms with Gasteiger partial charge in [0.15, 0.2) is 0 Å². The lowest BCUT2D eigenvalue weighted by atomic mass is 9.91. The van der Waals surface area contributed by atoms with Crippen molar-refractivity contribution in [3.63, 3.8) is 0 Å². The first kappa shape index (κ1) is 30.9. The molecule has 196 valence electrons. The zero-order valence-corrected chi connectivity index (χ0v) is 24.0. The van der Waals surface area contributed by atoms with E-state index in [2.05, 4.69) is 65.5 Å². The van der Waals surface area contributed by atoms with Crippen molar-refractivity contribution in [1.82, 2.24) is 4.90 Å². The van der Waals surface area contributed by atoms with Gasteiger partial charge in [-0.2, -0.15) is 0 Å². The van der Waals surface area contributed by atoms with Crippen LogP contribution in [0.5, 0.6) is 0 Å². The molecule has 3 rings (SSSR count). The smallest absolute Gasteiger partial charge is 0.232 e. The maximum absolute atomic E-state index is 12.5. The molecule has 0 bridgehead atoms. The van der Waals surface area contributed by atoms with E-state index in [1.54, 1.807) is 0 Å². The minimum Gasteiger partial charge on any atom is -0.296 e. The molecule has 1 aliphatic heterocycles. The normalized spacial score (nSPS) is 17.2. The van der Waals surface area contributed by atoms with Crippen LogP contribution in [0.1, 0.15) is 111 Å². The van der Waals surface area contributed by atoms with Gasteiger partial charge in [-0.1, -0.05) is 104 Å². The molecule has 1 amide bonds. The fraction of sp³-hybridized carbons (Fsp3) is 0.625. The largest absolute Gasteiger partial charge is 0.296 e.